The molecule has 0 amide bonds. The molecule has 4 bridgehead atoms. The van der Waals surface area contributed by atoms with Crippen molar-refractivity contribution in [3.63, 3.8) is 0 Å². The van der Waals surface area contributed by atoms with Crippen molar-refractivity contribution in [2.45, 2.75) is 57.8 Å². The van der Waals surface area contributed by atoms with Crippen molar-refractivity contribution >= 4 is 5.82 Å². The van der Waals surface area contributed by atoms with Gasteiger partial charge in [0.25, 0.3) is 0 Å². The molecule has 3 heteroatoms. The molecule has 0 aliphatic heterocycles. The number of nitrogens with two attached hydrogens (primary N) is 1. The first-order valence-electron chi connectivity index (χ1n) is 8.36. The minimum atomic E-state index is 0.423. The van der Waals surface area contributed by atoms with Crippen LogP contribution in [0.25, 0.3) is 0 Å². The van der Waals surface area contributed by atoms with Gasteiger partial charge in [0.05, 0.1) is 5.69 Å². The number of nitrogens with zero attached hydrogens (tertiary/aromatic N) is 2. The first-order chi connectivity index (χ1) is 9.54. The van der Waals surface area contributed by atoms with Crippen LogP contribution in [-0.4, -0.2) is 9.55 Å². The molecule has 0 saturated heterocycles. The molecular formula is C17H27N3. The third-order valence-corrected chi connectivity index (χ3v) is 6.27. The summed E-state index contributed by atoms with van der Waals surface area (Å²) in [4.78, 5) is 4.99. The fraction of sp³-hybridized carbons (Fsp3) is 0.824. The summed E-state index contributed by atoms with van der Waals surface area (Å²) in [6.07, 6.45) is 7.30. The Morgan fingerprint density at radius 2 is 1.60 bits per heavy atom. The van der Waals surface area contributed by atoms with Crippen LogP contribution in [0.15, 0.2) is 0 Å². The normalized spacial score (nSPS) is 38.9. The largest absolute Gasteiger partial charge is 0.384 e. The fourth-order valence-corrected chi connectivity index (χ4v) is 5.62. The van der Waals surface area contributed by atoms with Gasteiger partial charge in [-0.1, -0.05) is 13.8 Å². The van der Waals surface area contributed by atoms with E-state index in [0.717, 1.165) is 35.2 Å². The Balaban J connectivity index is 1.73. The zero-order valence-electron chi connectivity index (χ0n) is 13.0. The van der Waals surface area contributed by atoms with Gasteiger partial charge in [0.1, 0.15) is 11.6 Å². The van der Waals surface area contributed by atoms with Gasteiger partial charge in [-0.3, -0.25) is 0 Å². The first kappa shape index (κ1) is 12.7. The van der Waals surface area contributed by atoms with E-state index in [1.807, 2.05) is 0 Å². The minimum Gasteiger partial charge on any atom is -0.384 e. The number of imidazole rings is 1. The van der Waals surface area contributed by atoms with Gasteiger partial charge in [-0.05, 0) is 61.7 Å². The van der Waals surface area contributed by atoms with Crippen LogP contribution in [0.5, 0.6) is 0 Å². The Bertz CT molecular complexity index is 501. The van der Waals surface area contributed by atoms with E-state index in [2.05, 4.69) is 25.5 Å². The van der Waals surface area contributed by atoms with Gasteiger partial charge in [0.2, 0.25) is 0 Å². The Kier molecular flexibility index (Phi) is 2.71. The summed E-state index contributed by atoms with van der Waals surface area (Å²) in [6.45, 7) is 4.39. The van der Waals surface area contributed by atoms with Crippen LogP contribution in [-0.2, 0) is 7.05 Å². The summed E-state index contributed by atoms with van der Waals surface area (Å²) in [6, 6.07) is 0. The highest BCUT2D eigenvalue weighted by molar-refractivity contribution is 5.41. The standard InChI is InChI=1S/C17H27N3/c1-9(2)15-16(18)20(3)17(19-15)14-12-5-10-4-11(7-12)8-13(14)6-10/h9-14H,4-8,18H2,1-3H3. The molecule has 4 aliphatic rings. The van der Waals surface area contributed by atoms with Gasteiger partial charge in [-0.15, -0.1) is 0 Å². The maximum Gasteiger partial charge on any atom is 0.126 e. The summed E-state index contributed by atoms with van der Waals surface area (Å²) in [5, 5.41) is 0. The highest BCUT2D eigenvalue weighted by atomic mass is 15.1. The van der Waals surface area contributed by atoms with Crippen LogP contribution >= 0.6 is 0 Å². The highest BCUT2D eigenvalue weighted by Crippen LogP contribution is 2.59. The van der Waals surface area contributed by atoms with E-state index in [1.165, 1.54) is 37.9 Å². The number of rotatable bonds is 2. The van der Waals surface area contributed by atoms with Crippen molar-refractivity contribution in [2.24, 2.45) is 30.7 Å². The van der Waals surface area contributed by atoms with Crippen molar-refractivity contribution in [2.75, 3.05) is 5.73 Å². The number of hydrogen-bond donors (Lipinski definition) is 1. The Labute approximate surface area is 122 Å². The molecule has 0 spiro atoms. The second-order valence-corrected chi connectivity index (χ2v) is 7.91. The molecule has 0 aromatic carbocycles. The van der Waals surface area contributed by atoms with Crippen LogP contribution in [0.3, 0.4) is 0 Å². The van der Waals surface area contributed by atoms with Gasteiger partial charge in [0.15, 0.2) is 0 Å². The molecular weight excluding hydrogens is 246 g/mol. The van der Waals surface area contributed by atoms with E-state index in [1.54, 1.807) is 0 Å². The Morgan fingerprint density at radius 3 is 2.05 bits per heavy atom. The van der Waals surface area contributed by atoms with Crippen molar-refractivity contribution < 1.29 is 0 Å². The molecule has 5 rings (SSSR count). The molecule has 1 aromatic rings. The number of aromatic nitrogens is 2. The molecule has 0 radical (unpaired) electrons. The van der Waals surface area contributed by atoms with E-state index in [-0.39, 0.29) is 0 Å². The van der Waals surface area contributed by atoms with E-state index in [9.17, 15) is 0 Å². The second-order valence-electron chi connectivity index (χ2n) is 7.91. The van der Waals surface area contributed by atoms with E-state index < -0.39 is 0 Å². The number of anilines is 1. The number of hydrogen-bond acceptors (Lipinski definition) is 2. The van der Waals surface area contributed by atoms with Gasteiger partial charge in [-0.25, -0.2) is 4.98 Å². The monoisotopic (exact) mass is 273 g/mol. The lowest BCUT2D eigenvalue weighted by Gasteiger charge is -2.54. The van der Waals surface area contributed by atoms with Gasteiger partial charge in [0, 0.05) is 13.0 Å². The molecule has 110 valence electrons. The van der Waals surface area contributed by atoms with Crippen LogP contribution < -0.4 is 5.73 Å². The quantitative estimate of drug-likeness (QED) is 0.893. The van der Waals surface area contributed by atoms with Gasteiger partial charge < -0.3 is 10.3 Å². The molecule has 4 saturated carbocycles. The summed E-state index contributed by atoms with van der Waals surface area (Å²) in [5.41, 5.74) is 7.41. The molecule has 4 aliphatic carbocycles. The van der Waals surface area contributed by atoms with Crippen LogP contribution in [0.1, 0.15) is 69.3 Å². The summed E-state index contributed by atoms with van der Waals surface area (Å²) >= 11 is 0. The topological polar surface area (TPSA) is 43.8 Å². The second kappa shape index (κ2) is 4.25. The molecule has 1 aromatic heterocycles. The van der Waals surface area contributed by atoms with Crippen molar-refractivity contribution in [3.8, 4) is 0 Å². The van der Waals surface area contributed by atoms with Crippen LogP contribution in [0.2, 0.25) is 0 Å². The third-order valence-electron chi connectivity index (χ3n) is 6.27. The maximum atomic E-state index is 6.30. The van der Waals surface area contributed by atoms with E-state index in [4.69, 9.17) is 10.7 Å². The minimum absolute atomic E-state index is 0.423. The zero-order valence-corrected chi connectivity index (χ0v) is 13.0. The molecule has 0 unspecified atom stereocenters. The van der Waals surface area contributed by atoms with Crippen LogP contribution in [0.4, 0.5) is 5.82 Å². The molecule has 3 nitrogen and oxygen atoms in total. The van der Waals surface area contributed by atoms with Gasteiger partial charge >= 0.3 is 0 Å². The highest BCUT2D eigenvalue weighted by Gasteiger charge is 2.50. The molecule has 4 fully saturated rings. The fourth-order valence-electron chi connectivity index (χ4n) is 5.62. The predicted molar refractivity (Wildman–Crippen MR) is 81.5 cm³/mol. The van der Waals surface area contributed by atoms with Gasteiger partial charge in [-0.2, -0.15) is 0 Å². The average molecular weight is 273 g/mol. The van der Waals surface area contributed by atoms with Crippen molar-refractivity contribution in [1.82, 2.24) is 9.55 Å². The van der Waals surface area contributed by atoms with E-state index in [0.29, 0.717) is 11.8 Å². The lowest BCUT2D eigenvalue weighted by Crippen LogP contribution is -2.44. The molecule has 1 heterocycles. The van der Waals surface area contributed by atoms with Crippen LogP contribution in [0, 0.1) is 23.7 Å². The third kappa shape index (κ3) is 1.68. The lowest BCUT2D eigenvalue weighted by molar-refractivity contribution is -0.00646. The SMILES string of the molecule is CC(C)c1nc(C2C3CC4CC(C3)CC2C4)n(C)c1N. The Hall–Kier alpha value is -0.990. The summed E-state index contributed by atoms with van der Waals surface area (Å²) in [5.74, 6) is 7.10. The summed E-state index contributed by atoms with van der Waals surface area (Å²) < 4.78 is 2.20. The molecule has 20 heavy (non-hydrogen) atoms. The van der Waals surface area contributed by atoms with Crippen molar-refractivity contribution in [1.29, 1.82) is 0 Å². The average Bonchev–Trinajstić information content (AvgIpc) is 2.66. The smallest absolute Gasteiger partial charge is 0.126 e. The molecule has 2 N–H and O–H groups in total. The Morgan fingerprint density at radius 1 is 1.05 bits per heavy atom. The predicted octanol–water partition coefficient (Wildman–Crippen LogP) is 3.67. The van der Waals surface area contributed by atoms with E-state index >= 15 is 0 Å². The van der Waals surface area contributed by atoms with Crippen molar-refractivity contribution in [3.05, 3.63) is 11.5 Å². The lowest BCUT2D eigenvalue weighted by atomic mass is 9.51. The first-order valence-corrected chi connectivity index (χ1v) is 8.36. The zero-order chi connectivity index (χ0) is 14.0. The molecule has 0 atom stereocenters. The maximum absolute atomic E-state index is 6.30. The summed E-state index contributed by atoms with van der Waals surface area (Å²) in [7, 11) is 2.12. The number of nitrogen functional groups attached to an aromatic ring is 1.